The van der Waals surface area contributed by atoms with Gasteiger partial charge in [-0.3, -0.25) is 9.36 Å². The van der Waals surface area contributed by atoms with Gasteiger partial charge < -0.3 is 5.73 Å². The van der Waals surface area contributed by atoms with Gasteiger partial charge in [-0.15, -0.1) is 22.7 Å². The second-order valence-electron chi connectivity index (χ2n) is 8.65. The first-order valence-corrected chi connectivity index (χ1v) is 12.7. The molecule has 2 unspecified atom stereocenters. The molecule has 0 spiro atoms. The van der Waals surface area contributed by atoms with Crippen molar-refractivity contribution >= 4 is 33.6 Å². The second-order valence-corrected chi connectivity index (χ2v) is 10.7. The summed E-state index contributed by atoms with van der Waals surface area (Å²) in [7, 11) is 0. The van der Waals surface area contributed by atoms with Gasteiger partial charge in [0.15, 0.2) is 5.82 Å². The molecule has 31 heavy (non-hydrogen) atoms. The van der Waals surface area contributed by atoms with Crippen molar-refractivity contribution in [3.63, 3.8) is 0 Å². The summed E-state index contributed by atoms with van der Waals surface area (Å²) in [6, 6.07) is 14.4. The maximum absolute atomic E-state index is 13.6. The Labute approximate surface area is 190 Å². The predicted molar refractivity (Wildman–Crippen MR) is 132 cm³/mol. The first-order chi connectivity index (χ1) is 15.1. The maximum atomic E-state index is 13.6. The van der Waals surface area contributed by atoms with E-state index in [1.807, 2.05) is 29.7 Å². The highest BCUT2D eigenvalue weighted by Crippen LogP contribution is 2.37. The lowest BCUT2D eigenvalue weighted by Gasteiger charge is -2.29. The lowest BCUT2D eigenvalue weighted by molar-refractivity contribution is 0.246. The predicted octanol–water partition coefficient (Wildman–Crippen LogP) is 5.93. The van der Waals surface area contributed by atoms with Crippen LogP contribution in [-0.2, 0) is 6.54 Å². The number of aryl methyl sites for hydroxylation is 1. The van der Waals surface area contributed by atoms with Gasteiger partial charge in [-0.05, 0) is 80.3 Å². The van der Waals surface area contributed by atoms with Crippen LogP contribution in [0.4, 0.5) is 0 Å². The Bertz CT molecular complexity index is 1260. The fourth-order valence-electron chi connectivity index (χ4n) is 4.74. The highest BCUT2D eigenvalue weighted by molar-refractivity contribution is 7.23. The number of rotatable bonds is 5. The Morgan fingerprint density at radius 1 is 1.10 bits per heavy atom. The Morgan fingerprint density at radius 3 is 2.74 bits per heavy atom. The summed E-state index contributed by atoms with van der Waals surface area (Å²) in [6.07, 6.45) is 4.65. The van der Waals surface area contributed by atoms with E-state index in [-0.39, 0.29) is 5.56 Å². The largest absolute Gasteiger partial charge is 0.330 e. The molecule has 2 N–H and O–H groups in total. The average Bonchev–Trinajstić information content (AvgIpc) is 3.48. The highest BCUT2D eigenvalue weighted by Gasteiger charge is 2.24. The Balaban J connectivity index is 1.61. The van der Waals surface area contributed by atoms with E-state index in [1.165, 1.54) is 22.6 Å². The van der Waals surface area contributed by atoms with Crippen molar-refractivity contribution in [1.82, 2.24) is 9.55 Å². The minimum Gasteiger partial charge on any atom is -0.330 e. The van der Waals surface area contributed by atoms with Crippen molar-refractivity contribution in [3.05, 3.63) is 63.8 Å². The fraction of sp³-hybridized carbons (Fsp3) is 0.360. The number of hydrogen-bond acceptors (Lipinski definition) is 5. The van der Waals surface area contributed by atoms with Gasteiger partial charge in [-0.1, -0.05) is 24.1 Å². The monoisotopic (exact) mass is 449 g/mol. The van der Waals surface area contributed by atoms with Crippen LogP contribution < -0.4 is 11.3 Å². The van der Waals surface area contributed by atoms with E-state index in [0.29, 0.717) is 23.8 Å². The molecule has 3 aromatic heterocycles. The van der Waals surface area contributed by atoms with Crippen LogP contribution in [0.2, 0.25) is 0 Å². The summed E-state index contributed by atoms with van der Waals surface area (Å²) in [5.41, 5.74) is 7.91. The van der Waals surface area contributed by atoms with E-state index in [2.05, 4.69) is 29.6 Å². The number of nitrogens with two attached hydrogens (primary N) is 1. The van der Waals surface area contributed by atoms with Gasteiger partial charge in [-0.2, -0.15) is 0 Å². The molecule has 0 radical (unpaired) electrons. The summed E-state index contributed by atoms with van der Waals surface area (Å²) >= 11 is 3.45. The number of fused-ring (bicyclic) bond motifs is 1. The van der Waals surface area contributed by atoms with Gasteiger partial charge in [0.1, 0.15) is 0 Å². The zero-order valence-corrected chi connectivity index (χ0v) is 19.3. The summed E-state index contributed by atoms with van der Waals surface area (Å²) in [5.74, 6) is 1.84. The molecule has 3 heterocycles. The third-order valence-electron chi connectivity index (χ3n) is 6.37. The number of thiophene rings is 2. The molecule has 1 aromatic carbocycles. The smallest absolute Gasteiger partial charge is 0.261 e. The SMILES string of the molecule is Cc1ccc2nc(-c3ccc(-c4cccs4)s3)n(CC3CCCC(CN)C3)c(=O)c2c1. The zero-order chi connectivity index (χ0) is 21.4. The molecule has 0 aliphatic heterocycles. The standard InChI is InChI=1S/C25H27N3OS2/c1-16-7-8-20-19(12-16)25(29)28(15-18-5-2-4-17(13-18)14-26)24(27-20)23-10-9-22(31-23)21-6-3-11-30-21/h3,6-12,17-18H,2,4-5,13-15,26H2,1H3. The molecule has 2 atom stereocenters. The molecule has 0 amide bonds. The van der Waals surface area contributed by atoms with Crippen LogP contribution in [0.1, 0.15) is 31.2 Å². The van der Waals surface area contributed by atoms with E-state index in [1.54, 1.807) is 22.7 Å². The van der Waals surface area contributed by atoms with E-state index in [9.17, 15) is 4.79 Å². The molecule has 6 heteroatoms. The van der Waals surface area contributed by atoms with Crippen molar-refractivity contribution < 1.29 is 0 Å². The van der Waals surface area contributed by atoms with Gasteiger partial charge in [0.25, 0.3) is 5.56 Å². The quantitative estimate of drug-likeness (QED) is 0.411. The number of hydrogen-bond donors (Lipinski definition) is 1. The van der Waals surface area contributed by atoms with Crippen LogP contribution in [0.5, 0.6) is 0 Å². The van der Waals surface area contributed by atoms with Gasteiger partial charge in [0, 0.05) is 16.3 Å². The van der Waals surface area contributed by atoms with Crippen molar-refractivity contribution in [1.29, 1.82) is 0 Å². The molecule has 4 nitrogen and oxygen atoms in total. The Kier molecular flexibility index (Phi) is 5.78. The normalized spacial score (nSPS) is 19.2. The van der Waals surface area contributed by atoms with E-state index in [4.69, 9.17) is 10.7 Å². The molecule has 1 fully saturated rings. The maximum Gasteiger partial charge on any atom is 0.261 e. The van der Waals surface area contributed by atoms with Gasteiger partial charge in [-0.25, -0.2) is 4.98 Å². The number of benzene rings is 1. The summed E-state index contributed by atoms with van der Waals surface area (Å²) in [6.45, 7) is 3.48. The summed E-state index contributed by atoms with van der Waals surface area (Å²) in [4.78, 5) is 22.2. The van der Waals surface area contributed by atoms with Crippen LogP contribution in [0.15, 0.2) is 52.6 Å². The Hall–Kier alpha value is -2.28. The third kappa shape index (κ3) is 4.12. The lowest BCUT2D eigenvalue weighted by atomic mass is 9.81. The zero-order valence-electron chi connectivity index (χ0n) is 17.7. The van der Waals surface area contributed by atoms with Crippen LogP contribution in [-0.4, -0.2) is 16.1 Å². The third-order valence-corrected chi connectivity index (χ3v) is 8.51. The van der Waals surface area contributed by atoms with E-state index < -0.39 is 0 Å². The molecular weight excluding hydrogens is 422 g/mol. The molecule has 5 rings (SSSR count). The van der Waals surface area contributed by atoms with Crippen molar-refractivity contribution in [2.24, 2.45) is 17.6 Å². The molecule has 4 aromatic rings. The van der Waals surface area contributed by atoms with Crippen LogP contribution >= 0.6 is 22.7 Å². The van der Waals surface area contributed by atoms with Crippen molar-refractivity contribution in [2.75, 3.05) is 6.54 Å². The topological polar surface area (TPSA) is 60.9 Å². The van der Waals surface area contributed by atoms with Crippen molar-refractivity contribution in [3.8, 4) is 20.5 Å². The van der Waals surface area contributed by atoms with E-state index in [0.717, 1.165) is 41.2 Å². The first-order valence-electron chi connectivity index (χ1n) is 11.0. The molecule has 1 aliphatic carbocycles. The highest BCUT2D eigenvalue weighted by atomic mass is 32.1. The molecular formula is C25H27N3OS2. The molecule has 1 aliphatic rings. The van der Waals surface area contributed by atoms with E-state index >= 15 is 0 Å². The summed E-state index contributed by atoms with van der Waals surface area (Å²) < 4.78 is 1.94. The summed E-state index contributed by atoms with van der Waals surface area (Å²) in [5, 5.41) is 2.81. The molecule has 0 saturated heterocycles. The van der Waals surface area contributed by atoms with Crippen LogP contribution in [0.25, 0.3) is 31.4 Å². The van der Waals surface area contributed by atoms with Gasteiger partial charge >= 0.3 is 0 Å². The van der Waals surface area contributed by atoms with Crippen LogP contribution in [0.3, 0.4) is 0 Å². The van der Waals surface area contributed by atoms with Gasteiger partial charge in [0.05, 0.1) is 15.8 Å². The minimum absolute atomic E-state index is 0.0737. The second kappa shape index (κ2) is 8.69. The molecule has 0 bridgehead atoms. The minimum atomic E-state index is 0.0737. The number of aromatic nitrogens is 2. The molecule has 160 valence electrons. The average molecular weight is 450 g/mol. The molecule has 1 saturated carbocycles. The fourth-order valence-corrected chi connectivity index (χ4v) is 6.58. The number of nitrogens with zero attached hydrogens (tertiary/aromatic N) is 2. The Morgan fingerprint density at radius 2 is 1.94 bits per heavy atom. The van der Waals surface area contributed by atoms with Gasteiger partial charge in [0.2, 0.25) is 0 Å². The first kappa shape index (κ1) is 20.6. The van der Waals surface area contributed by atoms with Crippen LogP contribution in [0, 0.1) is 18.8 Å². The van der Waals surface area contributed by atoms with Crippen molar-refractivity contribution in [2.45, 2.75) is 39.2 Å². The lowest BCUT2D eigenvalue weighted by Crippen LogP contribution is -2.30.